The number of alkyl halides is 2. The summed E-state index contributed by atoms with van der Waals surface area (Å²) in [6.45, 7) is 3.37. The van der Waals surface area contributed by atoms with Crippen molar-refractivity contribution in [2.75, 3.05) is 32.6 Å². The van der Waals surface area contributed by atoms with Gasteiger partial charge in [-0.3, -0.25) is 4.79 Å². The molecular weight excluding hydrogens is 400 g/mol. The monoisotopic (exact) mass is 429 g/mol. The molecule has 1 aromatic heterocycles. The van der Waals surface area contributed by atoms with E-state index in [-0.39, 0.29) is 30.2 Å². The lowest BCUT2D eigenvalue weighted by Gasteiger charge is -2.35. The highest BCUT2D eigenvalue weighted by molar-refractivity contribution is 5.94. The topological polar surface area (TPSA) is 54.5 Å². The minimum absolute atomic E-state index is 0.0211. The minimum Gasteiger partial charge on any atom is -0.379 e. The quantitative estimate of drug-likeness (QED) is 0.728. The Bertz CT molecular complexity index is 946. The number of aromatic nitrogens is 1. The molecule has 0 bridgehead atoms. The SMILES string of the molecule is CN(C)C(=O)c1ccc(-c2ccc(CC3CC(F)(F)C3)c(NC3(C)CCOC3)n2)cc1. The van der Waals surface area contributed by atoms with E-state index in [9.17, 15) is 13.6 Å². The molecule has 2 fully saturated rings. The number of hydrogen-bond donors (Lipinski definition) is 1. The van der Waals surface area contributed by atoms with Gasteiger partial charge in [0.25, 0.3) is 5.91 Å². The van der Waals surface area contributed by atoms with Crippen molar-refractivity contribution in [3.63, 3.8) is 0 Å². The molecule has 1 amide bonds. The highest BCUT2D eigenvalue weighted by atomic mass is 19.3. The summed E-state index contributed by atoms with van der Waals surface area (Å²) < 4.78 is 32.2. The van der Waals surface area contributed by atoms with Crippen molar-refractivity contribution in [2.24, 2.45) is 5.92 Å². The lowest BCUT2D eigenvalue weighted by Crippen LogP contribution is -2.38. The van der Waals surface area contributed by atoms with Crippen molar-refractivity contribution < 1.29 is 18.3 Å². The van der Waals surface area contributed by atoms with Crippen LogP contribution < -0.4 is 5.32 Å². The summed E-state index contributed by atoms with van der Waals surface area (Å²) in [6.07, 6.45) is 1.32. The molecule has 1 saturated carbocycles. The first-order valence-corrected chi connectivity index (χ1v) is 10.7. The average molecular weight is 430 g/mol. The fraction of sp³-hybridized carbons (Fsp3) is 0.500. The van der Waals surface area contributed by atoms with Crippen LogP contribution in [0.3, 0.4) is 0 Å². The first-order valence-electron chi connectivity index (χ1n) is 10.7. The lowest BCUT2D eigenvalue weighted by atomic mass is 9.77. The second kappa shape index (κ2) is 8.19. The highest BCUT2D eigenvalue weighted by Crippen LogP contribution is 2.44. The molecule has 166 valence electrons. The zero-order valence-electron chi connectivity index (χ0n) is 18.3. The van der Waals surface area contributed by atoms with E-state index in [1.807, 2.05) is 24.3 Å². The summed E-state index contributed by atoms with van der Waals surface area (Å²) >= 11 is 0. The van der Waals surface area contributed by atoms with Crippen molar-refractivity contribution >= 4 is 11.7 Å². The summed E-state index contributed by atoms with van der Waals surface area (Å²) in [7, 11) is 3.44. The fourth-order valence-electron chi connectivity index (χ4n) is 4.26. The van der Waals surface area contributed by atoms with Crippen LogP contribution in [0.5, 0.6) is 0 Å². The average Bonchev–Trinajstić information content (AvgIpc) is 3.13. The second-order valence-electron chi connectivity index (χ2n) is 9.30. The van der Waals surface area contributed by atoms with Gasteiger partial charge in [0.1, 0.15) is 5.82 Å². The summed E-state index contributed by atoms with van der Waals surface area (Å²) in [5.41, 5.74) is 3.01. The first kappa shape index (κ1) is 21.7. The normalized spacial score (nSPS) is 22.7. The Hall–Kier alpha value is -2.54. The molecule has 1 aliphatic carbocycles. The van der Waals surface area contributed by atoms with E-state index in [1.165, 1.54) is 0 Å². The maximum absolute atomic E-state index is 13.3. The van der Waals surface area contributed by atoms with Gasteiger partial charge in [-0.15, -0.1) is 0 Å². The molecule has 0 radical (unpaired) electrons. The van der Waals surface area contributed by atoms with Crippen molar-refractivity contribution in [3.8, 4) is 11.3 Å². The molecule has 2 aliphatic rings. The number of carbonyl (C=O) groups excluding carboxylic acids is 1. The number of anilines is 1. The number of ether oxygens (including phenoxy) is 1. The minimum atomic E-state index is -2.53. The Labute approximate surface area is 181 Å². The third-order valence-corrected chi connectivity index (χ3v) is 6.13. The highest BCUT2D eigenvalue weighted by Gasteiger charge is 2.45. The van der Waals surface area contributed by atoms with Crippen LogP contribution >= 0.6 is 0 Å². The van der Waals surface area contributed by atoms with Crippen LogP contribution in [-0.4, -0.2) is 54.6 Å². The van der Waals surface area contributed by atoms with Crippen LogP contribution in [0.25, 0.3) is 11.3 Å². The Morgan fingerprint density at radius 1 is 1.19 bits per heavy atom. The molecular formula is C24H29F2N3O2. The zero-order chi connectivity index (χ0) is 22.2. The maximum atomic E-state index is 13.3. The number of nitrogens with one attached hydrogen (secondary N) is 1. The maximum Gasteiger partial charge on any atom is 0.253 e. The van der Waals surface area contributed by atoms with Gasteiger partial charge in [0.15, 0.2) is 0 Å². The number of nitrogens with zero attached hydrogens (tertiary/aromatic N) is 2. The number of hydrogen-bond acceptors (Lipinski definition) is 4. The number of amides is 1. The second-order valence-corrected chi connectivity index (χ2v) is 9.30. The molecule has 1 saturated heterocycles. The smallest absolute Gasteiger partial charge is 0.253 e. The van der Waals surface area contributed by atoms with E-state index in [1.54, 1.807) is 31.1 Å². The van der Waals surface area contributed by atoms with Gasteiger partial charge in [-0.05, 0) is 49.4 Å². The lowest BCUT2D eigenvalue weighted by molar-refractivity contribution is -0.109. The molecule has 5 nitrogen and oxygen atoms in total. The van der Waals surface area contributed by atoms with Crippen LogP contribution in [0.4, 0.5) is 14.6 Å². The van der Waals surface area contributed by atoms with Gasteiger partial charge in [-0.1, -0.05) is 18.2 Å². The standard InChI is InChI=1S/C24H29F2N3O2/c1-23(10-11-31-15-23)28-21-19(12-16-13-24(25,26)14-16)8-9-20(27-21)17-4-6-18(7-5-17)22(30)29(2)3/h4-9,16H,10-15H2,1-3H3,(H,27,28). The van der Waals surface area contributed by atoms with Crippen LogP contribution in [-0.2, 0) is 11.2 Å². The number of rotatable bonds is 6. The predicted molar refractivity (Wildman–Crippen MR) is 117 cm³/mol. The van der Waals surface area contributed by atoms with E-state index in [0.29, 0.717) is 25.2 Å². The summed E-state index contributed by atoms with van der Waals surface area (Å²) in [5.74, 6) is -1.87. The number of pyridine rings is 1. The molecule has 0 spiro atoms. The van der Waals surface area contributed by atoms with Gasteiger partial charge < -0.3 is 15.0 Å². The predicted octanol–water partition coefficient (Wildman–Crippen LogP) is 4.63. The van der Waals surface area contributed by atoms with Gasteiger partial charge in [-0.25, -0.2) is 13.8 Å². The van der Waals surface area contributed by atoms with E-state index >= 15 is 0 Å². The van der Waals surface area contributed by atoms with E-state index in [0.717, 1.165) is 29.1 Å². The molecule has 31 heavy (non-hydrogen) atoms. The van der Waals surface area contributed by atoms with Gasteiger partial charge in [0.2, 0.25) is 5.92 Å². The molecule has 1 atom stereocenters. The van der Waals surface area contributed by atoms with Crippen LogP contribution in [0, 0.1) is 5.92 Å². The number of halogens is 2. The molecule has 4 rings (SSSR count). The molecule has 2 heterocycles. The van der Waals surface area contributed by atoms with Crippen molar-refractivity contribution in [3.05, 3.63) is 47.5 Å². The molecule has 2 aromatic rings. The molecule has 1 N–H and O–H groups in total. The Morgan fingerprint density at radius 2 is 1.90 bits per heavy atom. The van der Waals surface area contributed by atoms with Crippen molar-refractivity contribution in [1.29, 1.82) is 0 Å². The van der Waals surface area contributed by atoms with E-state index in [4.69, 9.17) is 9.72 Å². The largest absolute Gasteiger partial charge is 0.379 e. The summed E-state index contributed by atoms with van der Waals surface area (Å²) in [6, 6.07) is 11.3. The summed E-state index contributed by atoms with van der Waals surface area (Å²) in [4.78, 5) is 18.5. The Balaban J connectivity index is 1.60. The number of benzene rings is 1. The number of carbonyl (C=O) groups is 1. The van der Waals surface area contributed by atoms with Gasteiger partial charge >= 0.3 is 0 Å². The van der Waals surface area contributed by atoms with E-state index in [2.05, 4.69) is 12.2 Å². The third-order valence-electron chi connectivity index (χ3n) is 6.13. The molecule has 1 unspecified atom stereocenters. The van der Waals surface area contributed by atoms with Crippen molar-refractivity contribution in [1.82, 2.24) is 9.88 Å². The van der Waals surface area contributed by atoms with Crippen molar-refractivity contribution in [2.45, 2.75) is 44.1 Å². The van der Waals surface area contributed by atoms with Gasteiger partial charge in [0, 0.05) is 44.7 Å². The third kappa shape index (κ3) is 4.87. The van der Waals surface area contributed by atoms with Gasteiger partial charge in [-0.2, -0.15) is 0 Å². The summed E-state index contributed by atoms with van der Waals surface area (Å²) in [5, 5.41) is 3.53. The molecule has 1 aromatic carbocycles. The van der Waals surface area contributed by atoms with Crippen LogP contribution in [0.1, 0.15) is 42.1 Å². The fourth-order valence-corrected chi connectivity index (χ4v) is 4.26. The van der Waals surface area contributed by atoms with Gasteiger partial charge in [0.05, 0.1) is 17.8 Å². The Morgan fingerprint density at radius 3 is 2.48 bits per heavy atom. The molecule has 7 heteroatoms. The zero-order valence-corrected chi connectivity index (χ0v) is 18.3. The van der Waals surface area contributed by atoms with Crippen LogP contribution in [0.2, 0.25) is 0 Å². The first-order chi connectivity index (χ1) is 14.6. The molecule has 1 aliphatic heterocycles. The Kier molecular flexibility index (Phi) is 5.73. The van der Waals surface area contributed by atoms with Crippen LogP contribution in [0.15, 0.2) is 36.4 Å². The van der Waals surface area contributed by atoms with E-state index < -0.39 is 5.92 Å².